The van der Waals surface area contributed by atoms with Gasteiger partial charge in [-0.1, -0.05) is 0 Å². The summed E-state index contributed by atoms with van der Waals surface area (Å²) in [6.07, 6.45) is 4.97. The molecule has 10 nitrogen and oxygen atoms in total. The van der Waals surface area contributed by atoms with E-state index in [1.165, 1.54) is 0 Å². The number of aryl methyl sites for hydroxylation is 2. The van der Waals surface area contributed by atoms with Crippen molar-refractivity contribution in [2.75, 3.05) is 12.4 Å². The van der Waals surface area contributed by atoms with Crippen LogP contribution in [0.5, 0.6) is 11.5 Å². The van der Waals surface area contributed by atoms with Crippen molar-refractivity contribution in [1.82, 2.24) is 34.3 Å². The molecule has 33 heavy (non-hydrogen) atoms. The molecule has 0 amide bonds. The molecule has 0 saturated heterocycles. The molecule has 3 aromatic heterocycles. The summed E-state index contributed by atoms with van der Waals surface area (Å²) in [5.74, 6) is 2.19. The van der Waals surface area contributed by atoms with Crippen LogP contribution in [0.1, 0.15) is 40.2 Å². The van der Waals surface area contributed by atoms with Crippen molar-refractivity contribution in [2.45, 2.75) is 26.0 Å². The molecule has 1 N–H and O–H groups in total. The van der Waals surface area contributed by atoms with Crippen molar-refractivity contribution in [3.63, 3.8) is 0 Å². The van der Waals surface area contributed by atoms with Crippen molar-refractivity contribution >= 4 is 11.6 Å². The fourth-order valence-electron chi connectivity index (χ4n) is 4.69. The Morgan fingerprint density at radius 1 is 1.00 bits per heavy atom. The van der Waals surface area contributed by atoms with Gasteiger partial charge in [0.2, 0.25) is 5.95 Å². The third-order valence-electron chi connectivity index (χ3n) is 6.74. The van der Waals surface area contributed by atoms with Gasteiger partial charge >= 0.3 is 0 Å². The van der Waals surface area contributed by atoms with Crippen LogP contribution in [0.3, 0.4) is 0 Å². The minimum absolute atomic E-state index is 0.253. The molecule has 1 aromatic carbocycles. The predicted molar refractivity (Wildman–Crippen MR) is 121 cm³/mol. The molecule has 0 aliphatic carbocycles. The zero-order chi connectivity index (χ0) is 22.9. The van der Waals surface area contributed by atoms with Crippen molar-refractivity contribution < 1.29 is 9.47 Å². The van der Waals surface area contributed by atoms with Crippen molar-refractivity contribution in [3.8, 4) is 11.5 Å². The molecule has 0 fully saturated rings. The molecule has 10 heteroatoms. The summed E-state index contributed by atoms with van der Waals surface area (Å²) >= 11 is 0. The Labute approximate surface area is 190 Å². The second kappa shape index (κ2) is 6.96. The maximum Gasteiger partial charge on any atom is 0.226 e. The quantitative estimate of drug-likeness (QED) is 0.519. The van der Waals surface area contributed by atoms with Crippen molar-refractivity contribution in [1.29, 1.82) is 0 Å². The zero-order valence-corrected chi connectivity index (χ0v) is 19.1. The van der Waals surface area contributed by atoms with E-state index in [2.05, 4.69) is 39.4 Å². The number of anilines is 1. The first kappa shape index (κ1) is 19.6. The molecule has 2 aliphatic rings. The van der Waals surface area contributed by atoms with Crippen LogP contribution in [0.4, 0.5) is 5.95 Å². The summed E-state index contributed by atoms with van der Waals surface area (Å²) in [7, 11) is 5.54. The van der Waals surface area contributed by atoms with E-state index in [1.807, 2.05) is 58.7 Å². The van der Waals surface area contributed by atoms with E-state index in [0.717, 1.165) is 50.8 Å². The lowest BCUT2D eigenvalue weighted by Gasteiger charge is -2.38. The average Bonchev–Trinajstić information content (AvgIpc) is 3.52. The number of ether oxygens (including phenoxy) is 2. The van der Waals surface area contributed by atoms with Gasteiger partial charge in [0, 0.05) is 47.7 Å². The van der Waals surface area contributed by atoms with Gasteiger partial charge in [0.05, 0.1) is 25.2 Å². The highest BCUT2D eigenvalue weighted by atomic mass is 16.5. The Morgan fingerprint density at radius 3 is 2.39 bits per heavy atom. The molecule has 0 unspecified atom stereocenters. The highest BCUT2D eigenvalue weighted by Crippen LogP contribution is 2.51. The number of hydrogen-bond acceptors (Lipinski definition) is 7. The molecule has 168 valence electrons. The maximum atomic E-state index is 6.68. The number of nitrogens with zero attached hydrogens (tertiary/aromatic N) is 7. The van der Waals surface area contributed by atoms with Crippen LogP contribution in [0.25, 0.3) is 5.70 Å². The van der Waals surface area contributed by atoms with E-state index in [-0.39, 0.29) is 12.1 Å². The topological polar surface area (TPSA) is 96.8 Å². The van der Waals surface area contributed by atoms with Crippen LogP contribution in [-0.4, -0.2) is 41.4 Å². The van der Waals surface area contributed by atoms with E-state index in [0.29, 0.717) is 5.95 Å². The number of methoxy groups -OCH3 is 1. The van der Waals surface area contributed by atoms with Gasteiger partial charge in [-0.15, -0.1) is 0 Å². The summed E-state index contributed by atoms with van der Waals surface area (Å²) in [6, 6.07) is 5.59. The predicted octanol–water partition coefficient (Wildman–Crippen LogP) is 2.93. The lowest BCUT2D eigenvalue weighted by atomic mass is 9.85. The standard InChI is InChI=1S/C23H24N8O2/c1-12-16(9-25-29(12)3)21-19-20(28-23-24-11-27-31(21)23)15-8-14(32-5)6-7-18(15)33-22(19)17-10-26-30(4)13(17)2/h6-11,21-22H,1-5H3,(H,24,27,28)/t21-,22+/m0/s1. The van der Waals surface area contributed by atoms with E-state index < -0.39 is 0 Å². The fourth-order valence-corrected chi connectivity index (χ4v) is 4.69. The smallest absolute Gasteiger partial charge is 0.226 e. The van der Waals surface area contributed by atoms with Crippen LogP contribution >= 0.6 is 0 Å². The Bertz CT molecular complexity index is 1430. The average molecular weight is 444 g/mol. The minimum Gasteiger partial charge on any atom is -0.497 e. The molecule has 2 atom stereocenters. The van der Waals surface area contributed by atoms with Crippen LogP contribution in [0.2, 0.25) is 0 Å². The fraction of sp³-hybridized carbons (Fsp3) is 0.304. The molecule has 0 spiro atoms. The van der Waals surface area contributed by atoms with Crippen molar-refractivity contribution in [2.24, 2.45) is 14.1 Å². The number of rotatable bonds is 3. The largest absolute Gasteiger partial charge is 0.497 e. The highest BCUT2D eigenvalue weighted by Gasteiger charge is 2.43. The van der Waals surface area contributed by atoms with E-state index in [4.69, 9.17) is 9.47 Å². The van der Waals surface area contributed by atoms with Gasteiger partial charge in [-0.2, -0.15) is 20.3 Å². The second-order valence-corrected chi connectivity index (χ2v) is 8.36. The third-order valence-corrected chi connectivity index (χ3v) is 6.74. The molecule has 0 bridgehead atoms. The molecule has 6 rings (SSSR count). The highest BCUT2D eigenvalue weighted by molar-refractivity contribution is 5.85. The van der Waals surface area contributed by atoms with Gasteiger partial charge in [0.25, 0.3) is 0 Å². The van der Waals surface area contributed by atoms with Gasteiger partial charge in [-0.05, 0) is 32.0 Å². The first-order valence-electron chi connectivity index (χ1n) is 10.7. The normalized spacial score (nSPS) is 18.8. The Hall–Kier alpha value is -4.08. The Morgan fingerprint density at radius 2 is 1.73 bits per heavy atom. The maximum absolute atomic E-state index is 6.68. The third kappa shape index (κ3) is 2.73. The minimum atomic E-state index is -0.371. The van der Waals surface area contributed by atoms with E-state index in [9.17, 15) is 0 Å². The number of benzene rings is 1. The molecule has 4 aromatic rings. The summed E-state index contributed by atoms with van der Waals surface area (Å²) in [6.45, 7) is 4.11. The van der Waals surface area contributed by atoms with Gasteiger partial charge in [-0.3, -0.25) is 9.36 Å². The first-order valence-corrected chi connectivity index (χ1v) is 10.7. The van der Waals surface area contributed by atoms with E-state index in [1.54, 1.807) is 13.4 Å². The summed E-state index contributed by atoms with van der Waals surface area (Å²) in [5.41, 5.74) is 7.02. The molecular formula is C23H24N8O2. The van der Waals surface area contributed by atoms with Crippen LogP contribution in [0.15, 0.2) is 42.5 Å². The molecule has 2 aliphatic heterocycles. The monoisotopic (exact) mass is 444 g/mol. The van der Waals surface area contributed by atoms with Gasteiger partial charge in [-0.25, -0.2) is 4.68 Å². The molecular weight excluding hydrogens is 420 g/mol. The van der Waals surface area contributed by atoms with Crippen molar-refractivity contribution in [3.05, 3.63) is 70.6 Å². The number of fused-ring (bicyclic) bond motifs is 3. The number of aromatic nitrogens is 7. The lowest BCUT2D eigenvalue weighted by Crippen LogP contribution is -2.32. The van der Waals surface area contributed by atoms with Gasteiger partial charge in [0.1, 0.15) is 23.9 Å². The summed E-state index contributed by atoms with van der Waals surface area (Å²) < 4.78 is 17.8. The Kier molecular flexibility index (Phi) is 4.13. The molecule has 5 heterocycles. The second-order valence-electron chi connectivity index (χ2n) is 8.36. The van der Waals surface area contributed by atoms with Gasteiger partial charge < -0.3 is 14.8 Å². The Balaban J connectivity index is 1.66. The number of hydrogen-bond donors (Lipinski definition) is 1. The van der Waals surface area contributed by atoms with Crippen LogP contribution < -0.4 is 14.8 Å². The number of nitrogens with one attached hydrogen (secondary N) is 1. The first-order chi connectivity index (χ1) is 16.0. The zero-order valence-electron chi connectivity index (χ0n) is 19.1. The van der Waals surface area contributed by atoms with Gasteiger partial charge in [0.15, 0.2) is 6.10 Å². The summed E-state index contributed by atoms with van der Waals surface area (Å²) in [4.78, 5) is 4.49. The van der Waals surface area contributed by atoms with E-state index >= 15 is 0 Å². The summed E-state index contributed by atoms with van der Waals surface area (Å²) in [5, 5.41) is 17.1. The van der Waals surface area contributed by atoms with Crippen LogP contribution in [0, 0.1) is 13.8 Å². The lowest BCUT2D eigenvalue weighted by molar-refractivity contribution is 0.221. The molecule has 0 radical (unpaired) electrons. The molecule has 0 saturated carbocycles. The SMILES string of the molecule is COc1ccc2c(c1)C1=C([C@H](c3cnn(C)c3C)n3ncnc3N1)[C@@H](c1cnn(C)c1C)O2. The van der Waals surface area contributed by atoms with Crippen LogP contribution in [-0.2, 0) is 14.1 Å².